The van der Waals surface area contributed by atoms with Crippen molar-refractivity contribution < 1.29 is 0 Å². The Morgan fingerprint density at radius 3 is 2.09 bits per heavy atom. The van der Waals surface area contributed by atoms with Gasteiger partial charge in [-0.05, 0) is 0 Å². The van der Waals surface area contributed by atoms with Gasteiger partial charge in [0.2, 0.25) is 0 Å². The molecule has 0 heterocycles. The minimum absolute atomic E-state index is 0.625. The van der Waals surface area contributed by atoms with Gasteiger partial charge in [-0.25, -0.2) is 0 Å². The van der Waals surface area contributed by atoms with E-state index in [0.717, 1.165) is 5.92 Å². The number of hydrogen-bond donors (Lipinski definition) is 0. The first-order valence-electron chi connectivity index (χ1n) is 4.82. The molecule has 0 rings (SSSR count). The molecule has 11 heavy (non-hydrogen) atoms. The molecule has 0 fully saturated rings. The highest BCUT2D eigenvalue weighted by atomic mass is 14.2. The van der Waals surface area contributed by atoms with Crippen LogP contribution in [0.2, 0.25) is 0 Å². The molecule has 0 aliphatic rings. The standard InChI is InChI=1S/C11H21/c1-5-9-11(8-4)10(6-2)7-3/h10-11H,2,5,7-9H2,1,3-4H3/q-1. The Labute approximate surface area is 71.7 Å². The summed E-state index contributed by atoms with van der Waals surface area (Å²) >= 11 is 0. The molecule has 0 saturated carbocycles. The van der Waals surface area contributed by atoms with Gasteiger partial charge in [-0.1, -0.05) is 52.4 Å². The SMILES string of the molecule is C=[C-]C(CC)C(CC)CCC. The molecular formula is C11H21-. The van der Waals surface area contributed by atoms with E-state index in [4.69, 9.17) is 0 Å². The van der Waals surface area contributed by atoms with E-state index in [2.05, 4.69) is 33.4 Å². The van der Waals surface area contributed by atoms with Crippen LogP contribution in [-0.2, 0) is 0 Å². The van der Waals surface area contributed by atoms with E-state index in [1.54, 1.807) is 0 Å². The quantitative estimate of drug-likeness (QED) is 0.509. The maximum Gasteiger partial charge on any atom is -0.0528 e. The Morgan fingerprint density at radius 1 is 1.18 bits per heavy atom. The normalized spacial score (nSPS) is 15.9. The van der Waals surface area contributed by atoms with Gasteiger partial charge in [-0.2, -0.15) is 5.92 Å². The summed E-state index contributed by atoms with van der Waals surface area (Å²) in [5.74, 6) is 1.45. The van der Waals surface area contributed by atoms with E-state index in [1.807, 2.05) is 0 Å². The lowest BCUT2D eigenvalue weighted by Crippen LogP contribution is -2.10. The van der Waals surface area contributed by atoms with Gasteiger partial charge in [0, 0.05) is 0 Å². The fourth-order valence-corrected chi connectivity index (χ4v) is 1.70. The molecule has 0 bridgehead atoms. The third-order valence-electron chi connectivity index (χ3n) is 2.45. The van der Waals surface area contributed by atoms with Crippen LogP contribution in [0.4, 0.5) is 0 Å². The summed E-state index contributed by atoms with van der Waals surface area (Å²) in [5, 5.41) is 0. The van der Waals surface area contributed by atoms with E-state index in [1.165, 1.54) is 25.7 Å². The van der Waals surface area contributed by atoms with Gasteiger partial charge in [-0.3, -0.25) is 6.58 Å². The zero-order chi connectivity index (χ0) is 8.69. The summed E-state index contributed by atoms with van der Waals surface area (Å²) in [6.45, 7) is 10.5. The number of allylic oxidation sites excluding steroid dienone is 1. The molecule has 0 N–H and O–H groups in total. The first-order chi connectivity index (χ1) is 5.29. The summed E-state index contributed by atoms with van der Waals surface area (Å²) in [6, 6.07) is 0. The van der Waals surface area contributed by atoms with E-state index in [9.17, 15) is 0 Å². The zero-order valence-electron chi connectivity index (χ0n) is 8.19. The minimum Gasteiger partial charge on any atom is -0.501 e. The second-order valence-corrected chi connectivity index (χ2v) is 3.18. The molecule has 0 saturated heterocycles. The molecule has 0 spiro atoms. The van der Waals surface area contributed by atoms with E-state index < -0.39 is 0 Å². The summed E-state index contributed by atoms with van der Waals surface area (Å²) in [7, 11) is 0. The molecule has 0 aromatic rings. The lowest BCUT2D eigenvalue weighted by Gasteiger charge is -2.30. The number of rotatable bonds is 6. The molecule has 2 atom stereocenters. The van der Waals surface area contributed by atoms with Gasteiger partial charge in [-0.15, -0.1) is 0 Å². The fraction of sp³-hybridized carbons (Fsp3) is 0.818. The summed E-state index contributed by atoms with van der Waals surface area (Å²) in [6.07, 6.45) is 8.23. The molecule has 0 aromatic carbocycles. The molecule has 0 heteroatoms. The van der Waals surface area contributed by atoms with Crippen molar-refractivity contribution in [2.45, 2.75) is 46.5 Å². The molecule has 0 aromatic heterocycles. The van der Waals surface area contributed by atoms with Crippen molar-refractivity contribution in [1.82, 2.24) is 0 Å². The van der Waals surface area contributed by atoms with Crippen molar-refractivity contribution >= 4 is 0 Å². The van der Waals surface area contributed by atoms with Gasteiger partial charge in [0.05, 0.1) is 0 Å². The molecular weight excluding hydrogens is 132 g/mol. The van der Waals surface area contributed by atoms with Crippen LogP contribution in [0.15, 0.2) is 6.58 Å². The van der Waals surface area contributed by atoms with Crippen LogP contribution in [-0.4, -0.2) is 0 Å². The highest BCUT2D eigenvalue weighted by molar-refractivity contribution is 4.76. The van der Waals surface area contributed by atoms with Crippen molar-refractivity contribution in [1.29, 1.82) is 0 Å². The maximum atomic E-state index is 3.76. The van der Waals surface area contributed by atoms with Crippen molar-refractivity contribution in [3.63, 3.8) is 0 Å². The lowest BCUT2D eigenvalue weighted by atomic mass is 9.85. The van der Waals surface area contributed by atoms with Gasteiger partial charge < -0.3 is 6.08 Å². The van der Waals surface area contributed by atoms with E-state index in [-0.39, 0.29) is 0 Å². The smallest absolute Gasteiger partial charge is 0.0528 e. The monoisotopic (exact) mass is 153 g/mol. The van der Waals surface area contributed by atoms with Gasteiger partial charge in [0.25, 0.3) is 0 Å². The van der Waals surface area contributed by atoms with Crippen molar-refractivity contribution in [2.75, 3.05) is 0 Å². The van der Waals surface area contributed by atoms with Crippen molar-refractivity contribution in [2.24, 2.45) is 11.8 Å². The van der Waals surface area contributed by atoms with E-state index >= 15 is 0 Å². The van der Waals surface area contributed by atoms with Gasteiger partial charge >= 0.3 is 0 Å². The largest absolute Gasteiger partial charge is 0.501 e. The second-order valence-electron chi connectivity index (χ2n) is 3.18. The fourth-order valence-electron chi connectivity index (χ4n) is 1.70. The summed E-state index contributed by atoms with van der Waals surface area (Å²) < 4.78 is 0. The highest BCUT2D eigenvalue weighted by Crippen LogP contribution is 2.24. The van der Waals surface area contributed by atoms with Crippen LogP contribution in [0, 0.1) is 17.9 Å². The Morgan fingerprint density at radius 2 is 1.82 bits per heavy atom. The zero-order valence-corrected chi connectivity index (χ0v) is 8.19. The van der Waals surface area contributed by atoms with E-state index in [0.29, 0.717) is 5.92 Å². The van der Waals surface area contributed by atoms with Crippen LogP contribution in [0.3, 0.4) is 0 Å². The van der Waals surface area contributed by atoms with Crippen LogP contribution in [0.1, 0.15) is 46.5 Å². The first-order valence-corrected chi connectivity index (χ1v) is 4.82. The topological polar surface area (TPSA) is 0 Å². The van der Waals surface area contributed by atoms with Crippen LogP contribution < -0.4 is 0 Å². The molecule has 0 aliphatic carbocycles. The molecule has 0 nitrogen and oxygen atoms in total. The van der Waals surface area contributed by atoms with Crippen molar-refractivity contribution in [3.05, 3.63) is 12.7 Å². The molecule has 66 valence electrons. The van der Waals surface area contributed by atoms with Crippen LogP contribution >= 0.6 is 0 Å². The maximum absolute atomic E-state index is 3.76. The Hall–Kier alpha value is -0.260. The molecule has 0 aliphatic heterocycles. The Balaban J connectivity index is 3.86. The third kappa shape index (κ3) is 3.60. The molecule has 0 amide bonds. The Kier molecular flexibility index (Phi) is 6.30. The summed E-state index contributed by atoms with van der Waals surface area (Å²) in [5.41, 5.74) is 0. The van der Waals surface area contributed by atoms with Gasteiger partial charge in [0.15, 0.2) is 0 Å². The van der Waals surface area contributed by atoms with Gasteiger partial charge in [0.1, 0.15) is 0 Å². The first kappa shape index (κ1) is 10.7. The van der Waals surface area contributed by atoms with Crippen LogP contribution in [0.5, 0.6) is 0 Å². The Bertz CT molecular complexity index is 94.2. The number of hydrogen-bond acceptors (Lipinski definition) is 0. The summed E-state index contributed by atoms with van der Waals surface area (Å²) in [4.78, 5) is 0. The predicted molar refractivity (Wildman–Crippen MR) is 51.3 cm³/mol. The lowest BCUT2D eigenvalue weighted by molar-refractivity contribution is 0.339. The molecule has 0 radical (unpaired) electrons. The van der Waals surface area contributed by atoms with Crippen LogP contribution in [0.25, 0.3) is 0 Å². The average Bonchev–Trinajstić information content (AvgIpc) is 2.05. The molecule has 2 unspecified atom stereocenters. The predicted octanol–water partition coefficient (Wildman–Crippen LogP) is 3.83. The minimum atomic E-state index is 0.625. The van der Waals surface area contributed by atoms with Crippen molar-refractivity contribution in [3.8, 4) is 0 Å². The average molecular weight is 153 g/mol. The highest BCUT2D eigenvalue weighted by Gasteiger charge is 2.06. The second kappa shape index (κ2) is 6.45. The third-order valence-corrected chi connectivity index (χ3v) is 2.45.